The van der Waals surface area contributed by atoms with Gasteiger partial charge in [0.2, 0.25) is 11.8 Å². The standard InChI is InChI=1S/C15H29N3O2/c1-11(2)8-17-13(19)9-18-14(20)15(10-16)6-4-12(3)5-7-15/h11-12H,4-10,16H2,1-3H3,(H,17,19)(H,18,20). The molecule has 0 heterocycles. The van der Waals surface area contributed by atoms with Crippen molar-refractivity contribution in [3.8, 4) is 0 Å². The van der Waals surface area contributed by atoms with E-state index in [1.165, 1.54) is 0 Å². The molecule has 0 aromatic heterocycles. The maximum absolute atomic E-state index is 12.3. The summed E-state index contributed by atoms with van der Waals surface area (Å²) < 4.78 is 0. The van der Waals surface area contributed by atoms with Crippen LogP contribution in [0.3, 0.4) is 0 Å². The molecule has 0 aliphatic heterocycles. The fraction of sp³-hybridized carbons (Fsp3) is 0.867. The average Bonchev–Trinajstić information content (AvgIpc) is 2.43. The van der Waals surface area contributed by atoms with Crippen molar-refractivity contribution < 1.29 is 9.59 Å². The van der Waals surface area contributed by atoms with Gasteiger partial charge in [-0.15, -0.1) is 0 Å². The number of rotatable bonds is 6. The Morgan fingerprint density at radius 2 is 1.85 bits per heavy atom. The van der Waals surface area contributed by atoms with Gasteiger partial charge in [0.1, 0.15) is 0 Å². The Morgan fingerprint density at radius 3 is 2.35 bits per heavy atom. The molecule has 0 unspecified atom stereocenters. The summed E-state index contributed by atoms with van der Waals surface area (Å²) in [5.41, 5.74) is 5.36. The maximum atomic E-state index is 12.3. The number of amides is 2. The molecule has 1 aliphatic carbocycles. The van der Waals surface area contributed by atoms with E-state index in [4.69, 9.17) is 5.73 Å². The summed E-state index contributed by atoms with van der Waals surface area (Å²) in [6, 6.07) is 0. The molecule has 4 N–H and O–H groups in total. The maximum Gasteiger partial charge on any atom is 0.239 e. The van der Waals surface area contributed by atoms with E-state index in [0.717, 1.165) is 25.7 Å². The van der Waals surface area contributed by atoms with Crippen molar-refractivity contribution in [2.45, 2.75) is 46.5 Å². The fourth-order valence-electron chi connectivity index (χ4n) is 2.57. The second-order valence-electron chi connectivity index (χ2n) is 6.55. The van der Waals surface area contributed by atoms with Gasteiger partial charge in [-0.1, -0.05) is 20.8 Å². The third kappa shape index (κ3) is 4.78. The van der Waals surface area contributed by atoms with Gasteiger partial charge in [0, 0.05) is 13.1 Å². The van der Waals surface area contributed by atoms with Crippen molar-refractivity contribution in [3.63, 3.8) is 0 Å². The van der Waals surface area contributed by atoms with E-state index in [2.05, 4.69) is 17.6 Å². The molecule has 20 heavy (non-hydrogen) atoms. The lowest BCUT2D eigenvalue weighted by molar-refractivity contribution is -0.134. The quantitative estimate of drug-likeness (QED) is 0.680. The zero-order valence-electron chi connectivity index (χ0n) is 13.0. The molecule has 1 rings (SSSR count). The first-order chi connectivity index (χ1) is 9.39. The lowest BCUT2D eigenvalue weighted by atomic mass is 9.70. The van der Waals surface area contributed by atoms with Crippen molar-refractivity contribution in [1.29, 1.82) is 0 Å². The zero-order valence-corrected chi connectivity index (χ0v) is 13.0. The highest BCUT2D eigenvalue weighted by molar-refractivity contribution is 5.88. The number of nitrogens with one attached hydrogen (secondary N) is 2. The monoisotopic (exact) mass is 283 g/mol. The van der Waals surface area contributed by atoms with E-state index in [1.54, 1.807) is 0 Å². The van der Waals surface area contributed by atoms with Gasteiger partial charge in [-0.3, -0.25) is 9.59 Å². The van der Waals surface area contributed by atoms with Gasteiger partial charge < -0.3 is 16.4 Å². The molecular weight excluding hydrogens is 254 g/mol. The lowest BCUT2D eigenvalue weighted by Gasteiger charge is -2.37. The van der Waals surface area contributed by atoms with Crippen LogP contribution in [-0.4, -0.2) is 31.4 Å². The third-order valence-electron chi connectivity index (χ3n) is 4.22. The molecule has 116 valence electrons. The predicted molar refractivity (Wildman–Crippen MR) is 80.0 cm³/mol. The number of hydrogen-bond acceptors (Lipinski definition) is 3. The first kappa shape index (κ1) is 17.0. The van der Waals surface area contributed by atoms with Crippen LogP contribution < -0.4 is 16.4 Å². The van der Waals surface area contributed by atoms with Crippen LogP contribution >= 0.6 is 0 Å². The Kier molecular flexibility index (Phi) is 6.46. The van der Waals surface area contributed by atoms with Crippen LogP contribution in [0.5, 0.6) is 0 Å². The van der Waals surface area contributed by atoms with Gasteiger partial charge in [-0.25, -0.2) is 0 Å². The second kappa shape index (κ2) is 7.62. The lowest BCUT2D eigenvalue weighted by Crippen LogP contribution is -2.50. The van der Waals surface area contributed by atoms with E-state index in [0.29, 0.717) is 24.9 Å². The molecule has 0 aromatic rings. The Hall–Kier alpha value is -1.10. The molecule has 1 saturated carbocycles. The summed E-state index contributed by atoms with van der Waals surface area (Å²) in [4.78, 5) is 24.0. The summed E-state index contributed by atoms with van der Waals surface area (Å²) in [6.07, 6.45) is 3.71. The number of nitrogens with two attached hydrogens (primary N) is 1. The van der Waals surface area contributed by atoms with Crippen LogP contribution in [0.2, 0.25) is 0 Å². The van der Waals surface area contributed by atoms with Crippen LogP contribution in [0.4, 0.5) is 0 Å². The molecule has 0 atom stereocenters. The molecule has 1 aliphatic rings. The highest BCUT2D eigenvalue weighted by atomic mass is 16.2. The topological polar surface area (TPSA) is 84.2 Å². The predicted octanol–water partition coefficient (Wildman–Crippen LogP) is 1.03. The summed E-state index contributed by atoms with van der Waals surface area (Å²) in [6.45, 7) is 7.31. The van der Waals surface area contributed by atoms with E-state index in [1.807, 2.05) is 13.8 Å². The first-order valence-electron chi connectivity index (χ1n) is 7.64. The van der Waals surface area contributed by atoms with Gasteiger partial charge in [0.15, 0.2) is 0 Å². The number of hydrogen-bond donors (Lipinski definition) is 3. The van der Waals surface area contributed by atoms with Crippen molar-refractivity contribution in [1.82, 2.24) is 10.6 Å². The number of carbonyl (C=O) groups excluding carboxylic acids is 2. The van der Waals surface area contributed by atoms with Gasteiger partial charge >= 0.3 is 0 Å². The molecule has 2 amide bonds. The molecule has 0 aromatic carbocycles. The summed E-state index contributed by atoms with van der Waals surface area (Å²) >= 11 is 0. The molecule has 5 heteroatoms. The van der Waals surface area contributed by atoms with Crippen LogP contribution in [-0.2, 0) is 9.59 Å². The normalized spacial score (nSPS) is 26.4. The minimum Gasteiger partial charge on any atom is -0.354 e. The van der Waals surface area contributed by atoms with Gasteiger partial charge in [0.25, 0.3) is 0 Å². The molecular formula is C15H29N3O2. The molecule has 0 saturated heterocycles. The van der Waals surface area contributed by atoms with Gasteiger partial charge in [-0.2, -0.15) is 0 Å². The van der Waals surface area contributed by atoms with Crippen molar-refractivity contribution in [2.75, 3.05) is 19.6 Å². The molecule has 0 bridgehead atoms. The fourth-order valence-corrected chi connectivity index (χ4v) is 2.57. The largest absolute Gasteiger partial charge is 0.354 e. The van der Waals surface area contributed by atoms with E-state index in [9.17, 15) is 9.59 Å². The molecule has 0 radical (unpaired) electrons. The van der Waals surface area contributed by atoms with Crippen LogP contribution in [0, 0.1) is 17.3 Å². The molecule has 0 spiro atoms. The SMILES string of the molecule is CC(C)CNC(=O)CNC(=O)C1(CN)CCC(C)CC1. The third-order valence-corrected chi connectivity index (χ3v) is 4.22. The Bertz CT molecular complexity index is 334. The van der Waals surface area contributed by atoms with E-state index in [-0.39, 0.29) is 18.4 Å². The molecule has 1 fully saturated rings. The highest BCUT2D eigenvalue weighted by Crippen LogP contribution is 2.38. The minimum atomic E-state index is -0.467. The number of carbonyl (C=O) groups is 2. The Labute approximate surface area is 122 Å². The Balaban J connectivity index is 2.42. The van der Waals surface area contributed by atoms with E-state index < -0.39 is 5.41 Å². The molecule has 5 nitrogen and oxygen atoms in total. The van der Waals surface area contributed by atoms with Gasteiger partial charge in [0.05, 0.1) is 12.0 Å². The minimum absolute atomic E-state index is 0.0445. The van der Waals surface area contributed by atoms with Crippen molar-refractivity contribution in [2.24, 2.45) is 23.0 Å². The Morgan fingerprint density at radius 1 is 1.25 bits per heavy atom. The van der Waals surface area contributed by atoms with Crippen LogP contribution in [0.15, 0.2) is 0 Å². The highest BCUT2D eigenvalue weighted by Gasteiger charge is 2.39. The van der Waals surface area contributed by atoms with Crippen LogP contribution in [0.1, 0.15) is 46.5 Å². The summed E-state index contributed by atoms with van der Waals surface area (Å²) in [7, 11) is 0. The summed E-state index contributed by atoms with van der Waals surface area (Å²) in [5, 5.41) is 5.54. The first-order valence-corrected chi connectivity index (χ1v) is 7.64. The van der Waals surface area contributed by atoms with Crippen LogP contribution in [0.25, 0.3) is 0 Å². The van der Waals surface area contributed by atoms with E-state index >= 15 is 0 Å². The smallest absolute Gasteiger partial charge is 0.239 e. The van der Waals surface area contributed by atoms with Crippen molar-refractivity contribution in [3.05, 3.63) is 0 Å². The zero-order chi connectivity index (χ0) is 15.2. The van der Waals surface area contributed by atoms with Gasteiger partial charge in [-0.05, 0) is 37.5 Å². The summed E-state index contributed by atoms with van der Waals surface area (Å²) in [5.74, 6) is 0.872. The average molecular weight is 283 g/mol. The second-order valence-corrected chi connectivity index (χ2v) is 6.55. The van der Waals surface area contributed by atoms with Crippen molar-refractivity contribution >= 4 is 11.8 Å².